The van der Waals surface area contributed by atoms with E-state index < -0.39 is 0 Å². The Balaban J connectivity index is 1.54. The Kier molecular flexibility index (Phi) is 4.61. The van der Waals surface area contributed by atoms with E-state index in [0.29, 0.717) is 0 Å². The van der Waals surface area contributed by atoms with Gasteiger partial charge in [-0.15, -0.1) is 0 Å². The number of hydrogen-bond acceptors (Lipinski definition) is 3. The van der Waals surface area contributed by atoms with Gasteiger partial charge in [0.15, 0.2) is 0 Å². The van der Waals surface area contributed by atoms with E-state index in [1.165, 1.54) is 6.42 Å². The molecule has 1 aromatic heterocycles. The number of nitrogens with one attached hydrogen (secondary N) is 3. The van der Waals surface area contributed by atoms with Crippen LogP contribution in [0, 0.1) is 5.92 Å². The highest BCUT2D eigenvalue weighted by molar-refractivity contribution is 5.94. The molecule has 134 valence electrons. The number of rotatable bonds is 4. The van der Waals surface area contributed by atoms with Crippen molar-refractivity contribution in [3.05, 3.63) is 42.5 Å². The maximum absolute atomic E-state index is 12.4. The lowest BCUT2D eigenvalue weighted by atomic mass is 9.88. The van der Waals surface area contributed by atoms with Crippen molar-refractivity contribution in [2.45, 2.75) is 32.1 Å². The number of fused-ring (bicyclic) bond motifs is 1. The SMILES string of the molecule is CNc1ccc(-c2nc3ccc(NC(=O)C4CCCCC4)cc3[nH]2)cc1. The first kappa shape index (κ1) is 16.6. The van der Waals surface area contributed by atoms with Gasteiger partial charge in [0.1, 0.15) is 5.82 Å². The summed E-state index contributed by atoms with van der Waals surface area (Å²) in [6, 6.07) is 14.0. The van der Waals surface area contributed by atoms with Crippen LogP contribution < -0.4 is 10.6 Å². The zero-order valence-electron chi connectivity index (χ0n) is 15.0. The summed E-state index contributed by atoms with van der Waals surface area (Å²) in [5.41, 5.74) is 4.76. The molecule has 5 heteroatoms. The third kappa shape index (κ3) is 3.43. The molecular weight excluding hydrogens is 324 g/mol. The van der Waals surface area contributed by atoms with Crippen molar-refractivity contribution in [2.75, 3.05) is 17.7 Å². The molecule has 1 amide bonds. The molecule has 0 spiro atoms. The number of aromatic amines is 1. The van der Waals surface area contributed by atoms with E-state index in [4.69, 9.17) is 0 Å². The van der Waals surface area contributed by atoms with Gasteiger partial charge in [0.25, 0.3) is 0 Å². The Morgan fingerprint density at radius 3 is 2.50 bits per heavy atom. The second kappa shape index (κ2) is 7.20. The van der Waals surface area contributed by atoms with Gasteiger partial charge >= 0.3 is 0 Å². The summed E-state index contributed by atoms with van der Waals surface area (Å²) in [6.07, 6.45) is 5.58. The number of anilines is 2. The van der Waals surface area contributed by atoms with Crippen LogP contribution in [0.3, 0.4) is 0 Å². The van der Waals surface area contributed by atoms with Crippen molar-refractivity contribution in [3.63, 3.8) is 0 Å². The Morgan fingerprint density at radius 1 is 1.04 bits per heavy atom. The predicted octanol–water partition coefficient (Wildman–Crippen LogP) is 4.79. The molecule has 4 rings (SSSR count). The molecule has 0 radical (unpaired) electrons. The number of nitrogens with zero attached hydrogens (tertiary/aromatic N) is 1. The number of H-pyrrole nitrogens is 1. The molecule has 3 N–H and O–H groups in total. The van der Waals surface area contributed by atoms with Crippen molar-refractivity contribution in [1.82, 2.24) is 9.97 Å². The van der Waals surface area contributed by atoms with E-state index in [9.17, 15) is 4.79 Å². The molecule has 1 aliphatic carbocycles. The summed E-state index contributed by atoms with van der Waals surface area (Å²) in [5.74, 6) is 1.13. The van der Waals surface area contributed by atoms with Crippen LogP contribution in [0.1, 0.15) is 32.1 Å². The second-order valence-corrected chi connectivity index (χ2v) is 6.97. The lowest BCUT2D eigenvalue weighted by molar-refractivity contribution is -0.120. The number of hydrogen-bond donors (Lipinski definition) is 3. The number of carbonyl (C=O) groups excluding carboxylic acids is 1. The number of benzene rings is 2. The fourth-order valence-corrected chi connectivity index (χ4v) is 3.63. The topological polar surface area (TPSA) is 69.8 Å². The minimum Gasteiger partial charge on any atom is -0.388 e. The van der Waals surface area contributed by atoms with Crippen molar-refractivity contribution in [3.8, 4) is 11.4 Å². The molecular formula is C21H24N4O. The summed E-state index contributed by atoms with van der Waals surface area (Å²) >= 11 is 0. The molecule has 1 fully saturated rings. The zero-order chi connectivity index (χ0) is 17.9. The first-order valence-corrected chi connectivity index (χ1v) is 9.32. The number of amides is 1. The maximum Gasteiger partial charge on any atom is 0.227 e. The number of imidazole rings is 1. The highest BCUT2D eigenvalue weighted by Gasteiger charge is 2.21. The summed E-state index contributed by atoms with van der Waals surface area (Å²) in [7, 11) is 1.90. The van der Waals surface area contributed by atoms with Crippen LogP contribution in [-0.4, -0.2) is 22.9 Å². The van der Waals surface area contributed by atoms with E-state index in [-0.39, 0.29) is 11.8 Å². The normalized spacial score (nSPS) is 15.1. The first-order valence-electron chi connectivity index (χ1n) is 9.32. The molecule has 5 nitrogen and oxygen atoms in total. The van der Waals surface area contributed by atoms with Gasteiger partial charge in [-0.3, -0.25) is 4.79 Å². The van der Waals surface area contributed by atoms with Crippen LogP contribution in [0.4, 0.5) is 11.4 Å². The third-order valence-electron chi connectivity index (χ3n) is 5.17. The quantitative estimate of drug-likeness (QED) is 0.635. The van der Waals surface area contributed by atoms with Gasteiger partial charge in [-0.1, -0.05) is 19.3 Å². The van der Waals surface area contributed by atoms with Gasteiger partial charge < -0.3 is 15.6 Å². The van der Waals surface area contributed by atoms with E-state index in [2.05, 4.69) is 20.6 Å². The van der Waals surface area contributed by atoms with Crippen LogP contribution in [0.5, 0.6) is 0 Å². The molecule has 0 atom stereocenters. The van der Waals surface area contributed by atoms with Crippen LogP contribution in [0.15, 0.2) is 42.5 Å². The van der Waals surface area contributed by atoms with Crippen LogP contribution in [0.2, 0.25) is 0 Å². The van der Waals surface area contributed by atoms with Gasteiger partial charge in [-0.2, -0.15) is 0 Å². The van der Waals surface area contributed by atoms with Crippen LogP contribution in [-0.2, 0) is 4.79 Å². The number of aromatic nitrogens is 2. The summed E-state index contributed by atoms with van der Waals surface area (Å²) < 4.78 is 0. The second-order valence-electron chi connectivity index (χ2n) is 6.97. The van der Waals surface area contributed by atoms with Gasteiger partial charge in [0.05, 0.1) is 11.0 Å². The van der Waals surface area contributed by atoms with Gasteiger partial charge in [0, 0.05) is 29.9 Å². The van der Waals surface area contributed by atoms with E-state index in [1.54, 1.807) is 0 Å². The molecule has 0 bridgehead atoms. The van der Waals surface area contributed by atoms with Crippen molar-refractivity contribution in [1.29, 1.82) is 0 Å². The lowest BCUT2D eigenvalue weighted by Gasteiger charge is -2.20. The molecule has 1 aliphatic rings. The Morgan fingerprint density at radius 2 is 1.77 bits per heavy atom. The predicted molar refractivity (Wildman–Crippen MR) is 106 cm³/mol. The molecule has 0 saturated heterocycles. The Labute approximate surface area is 153 Å². The van der Waals surface area contributed by atoms with Crippen molar-refractivity contribution >= 4 is 28.3 Å². The molecule has 1 heterocycles. The Hall–Kier alpha value is -2.82. The minimum absolute atomic E-state index is 0.145. The average Bonchev–Trinajstić information content (AvgIpc) is 3.12. The van der Waals surface area contributed by atoms with Crippen molar-refractivity contribution in [2.24, 2.45) is 5.92 Å². The lowest BCUT2D eigenvalue weighted by Crippen LogP contribution is -2.24. The first-order chi connectivity index (χ1) is 12.7. The summed E-state index contributed by atoms with van der Waals surface area (Å²) in [5, 5.41) is 6.19. The summed E-state index contributed by atoms with van der Waals surface area (Å²) in [6.45, 7) is 0. The highest BCUT2D eigenvalue weighted by atomic mass is 16.1. The van der Waals surface area contributed by atoms with Gasteiger partial charge in [-0.05, 0) is 55.3 Å². The van der Waals surface area contributed by atoms with Crippen molar-refractivity contribution < 1.29 is 4.79 Å². The molecule has 2 aromatic carbocycles. The molecule has 3 aromatic rings. The largest absolute Gasteiger partial charge is 0.388 e. The zero-order valence-corrected chi connectivity index (χ0v) is 15.0. The fraction of sp³-hybridized carbons (Fsp3) is 0.333. The van der Waals surface area contributed by atoms with Gasteiger partial charge in [-0.25, -0.2) is 4.98 Å². The maximum atomic E-state index is 12.4. The van der Waals surface area contributed by atoms with Gasteiger partial charge in [0.2, 0.25) is 5.91 Å². The molecule has 26 heavy (non-hydrogen) atoms. The van der Waals surface area contributed by atoms with E-state index in [1.807, 2.05) is 49.5 Å². The smallest absolute Gasteiger partial charge is 0.227 e. The molecule has 0 unspecified atom stereocenters. The van der Waals surface area contributed by atoms with Crippen LogP contribution in [0.25, 0.3) is 22.4 Å². The molecule has 0 aliphatic heterocycles. The van der Waals surface area contributed by atoms with Crippen LogP contribution >= 0.6 is 0 Å². The van der Waals surface area contributed by atoms with E-state index in [0.717, 1.165) is 59.5 Å². The standard InChI is InChI=1S/C21H24N4O/c1-22-16-9-7-14(8-10-16)20-24-18-12-11-17(13-19(18)25-20)23-21(26)15-5-3-2-4-6-15/h7-13,15,22H,2-6H2,1H3,(H,23,26)(H,24,25). The number of carbonyl (C=O) groups is 1. The monoisotopic (exact) mass is 348 g/mol. The third-order valence-corrected chi connectivity index (χ3v) is 5.17. The Bertz CT molecular complexity index is 907. The highest BCUT2D eigenvalue weighted by Crippen LogP contribution is 2.27. The summed E-state index contributed by atoms with van der Waals surface area (Å²) in [4.78, 5) is 20.5. The molecule has 1 saturated carbocycles. The van der Waals surface area contributed by atoms with E-state index >= 15 is 0 Å². The average molecular weight is 348 g/mol. The fourth-order valence-electron chi connectivity index (χ4n) is 3.63. The minimum atomic E-state index is 0.145.